The predicted molar refractivity (Wildman–Crippen MR) is 118 cm³/mol. The number of nitrogens with zero attached hydrogens (tertiary/aromatic N) is 6. The summed E-state index contributed by atoms with van der Waals surface area (Å²) in [5.41, 5.74) is 4.97. The van der Waals surface area contributed by atoms with Crippen LogP contribution in [-0.4, -0.2) is 70.0 Å². The molecule has 5 rings (SSSR count). The Morgan fingerprint density at radius 3 is 3.00 bits per heavy atom. The van der Waals surface area contributed by atoms with Crippen LogP contribution in [0.1, 0.15) is 17.5 Å². The fourth-order valence-electron chi connectivity index (χ4n) is 4.56. The van der Waals surface area contributed by atoms with Gasteiger partial charge in [-0.2, -0.15) is 10.2 Å². The van der Waals surface area contributed by atoms with Gasteiger partial charge >= 0.3 is 0 Å². The van der Waals surface area contributed by atoms with Crippen LogP contribution in [0.4, 0.5) is 5.82 Å². The maximum Gasteiger partial charge on any atom is 0.216 e. The highest BCUT2D eigenvalue weighted by Crippen LogP contribution is 2.33. The molecule has 1 fully saturated rings. The summed E-state index contributed by atoms with van der Waals surface area (Å²) >= 11 is 0. The van der Waals surface area contributed by atoms with Crippen molar-refractivity contribution in [2.45, 2.75) is 26.3 Å². The van der Waals surface area contributed by atoms with Crippen molar-refractivity contribution in [1.29, 1.82) is 0 Å². The quantitative estimate of drug-likeness (QED) is 0.674. The largest absolute Gasteiger partial charge is 0.481 e. The summed E-state index contributed by atoms with van der Waals surface area (Å²) in [4.78, 5) is 6.81. The normalized spacial score (nSPS) is 19.1. The Morgan fingerprint density at radius 1 is 1.32 bits per heavy atom. The van der Waals surface area contributed by atoms with E-state index in [1.807, 2.05) is 23.9 Å². The number of hydrogen-bond acceptors (Lipinski definition) is 7. The lowest BCUT2D eigenvalue weighted by Gasteiger charge is -2.10. The van der Waals surface area contributed by atoms with E-state index in [2.05, 4.69) is 38.2 Å². The van der Waals surface area contributed by atoms with Crippen LogP contribution < -0.4 is 10.1 Å². The lowest BCUT2D eigenvalue weighted by molar-refractivity contribution is 0.159. The third-order valence-corrected chi connectivity index (χ3v) is 6.12. The molecule has 0 amide bonds. The fraction of sp³-hybridized carbons (Fsp3) is 0.500. The standard InChI is InChI=1S/C22H29N7O2/c1-15-8-18(10-23-22(15)30-3)29-21-19(5-7-31-14-24-21)20(26-29)17-9-25-28(13-17)12-16-4-6-27(2)11-16/h8-10,13,16,24H,4-7,11-12,14H2,1-3H3/t16-/m1/s1. The van der Waals surface area contributed by atoms with Gasteiger partial charge in [-0.05, 0) is 38.9 Å². The molecule has 0 bridgehead atoms. The summed E-state index contributed by atoms with van der Waals surface area (Å²) < 4.78 is 15.0. The zero-order valence-electron chi connectivity index (χ0n) is 18.3. The molecule has 0 saturated carbocycles. The number of anilines is 1. The summed E-state index contributed by atoms with van der Waals surface area (Å²) in [6.07, 6.45) is 7.85. The molecule has 5 heterocycles. The number of fused-ring (bicyclic) bond motifs is 1. The molecule has 2 aliphatic rings. The van der Waals surface area contributed by atoms with E-state index >= 15 is 0 Å². The van der Waals surface area contributed by atoms with E-state index in [-0.39, 0.29) is 0 Å². The van der Waals surface area contributed by atoms with Gasteiger partial charge in [-0.25, -0.2) is 9.67 Å². The second-order valence-corrected chi connectivity index (χ2v) is 8.45. The van der Waals surface area contributed by atoms with E-state index < -0.39 is 0 Å². The van der Waals surface area contributed by atoms with Gasteiger partial charge in [0.25, 0.3) is 0 Å². The highest BCUT2D eigenvalue weighted by molar-refractivity contribution is 5.70. The Labute approximate surface area is 182 Å². The Morgan fingerprint density at radius 2 is 2.23 bits per heavy atom. The van der Waals surface area contributed by atoms with Gasteiger partial charge in [-0.1, -0.05) is 0 Å². The van der Waals surface area contributed by atoms with Gasteiger partial charge in [0, 0.05) is 42.4 Å². The first-order valence-corrected chi connectivity index (χ1v) is 10.8. The van der Waals surface area contributed by atoms with E-state index in [1.165, 1.54) is 6.42 Å². The van der Waals surface area contributed by atoms with Gasteiger partial charge in [-0.15, -0.1) is 0 Å². The van der Waals surface area contributed by atoms with E-state index in [9.17, 15) is 0 Å². The Hall–Kier alpha value is -2.91. The zero-order chi connectivity index (χ0) is 21.4. The monoisotopic (exact) mass is 423 g/mol. The van der Waals surface area contributed by atoms with Gasteiger partial charge in [0.1, 0.15) is 18.2 Å². The molecule has 1 saturated heterocycles. The van der Waals surface area contributed by atoms with Crippen LogP contribution in [0.3, 0.4) is 0 Å². The fourth-order valence-corrected chi connectivity index (χ4v) is 4.56. The molecule has 0 radical (unpaired) electrons. The number of ether oxygens (including phenoxy) is 2. The summed E-state index contributed by atoms with van der Waals surface area (Å²) in [7, 11) is 3.81. The van der Waals surface area contributed by atoms with Crippen LogP contribution in [0.2, 0.25) is 0 Å². The van der Waals surface area contributed by atoms with Crippen molar-refractivity contribution >= 4 is 5.82 Å². The molecule has 3 aromatic heterocycles. The highest BCUT2D eigenvalue weighted by atomic mass is 16.5. The first-order chi connectivity index (χ1) is 15.1. The smallest absolute Gasteiger partial charge is 0.216 e. The molecule has 1 atom stereocenters. The molecule has 164 valence electrons. The molecule has 3 aromatic rings. The van der Waals surface area contributed by atoms with Crippen molar-refractivity contribution in [3.63, 3.8) is 0 Å². The average molecular weight is 424 g/mol. The van der Waals surface area contributed by atoms with Crippen LogP contribution in [0.15, 0.2) is 24.7 Å². The molecule has 9 heteroatoms. The van der Waals surface area contributed by atoms with Gasteiger partial charge in [0.15, 0.2) is 0 Å². The Bertz CT molecular complexity index is 1070. The second-order valence-electron chi connectivity index (χ2n) is 8.45. The van der Waals surface area contributed by atoms with Crippen molar-refractivity contribution < 1.29 is 9.47 Å². The van der Waals surface area contributed by atoms with Gasteiger partial charge in [0.2, 0.25) is 5.88 Å². The number of pyridine rings is 1. The minimum atomic E-state index is 0.454. The number of likely N-dealkylation sites (tertiary alicyclic amines) is 1. The highest BCUT2D eigenvalue weighted by Gasteiger charge is 2.24. The lowest BCUT2D eigenvalue weighted by atomic mass is 10.1. The zero-order valence-corrected chi connectivity index (χ0v) is 18.3. The number of rotatable bonds is 5. The SMILES string of the molecule is COc1ncc(-n2nc(-c3cnn(C[C@@H]4CCN(C)C4)c3)c3c2NCOCC3)cc1C. The number of methoxy groups -OCH3 is 1. The maximum atomic E-state index is 5.67. The number of nitrogens with one attached hydrogen (secondary N) is 1. The van der Waals surface area contributed by atoms with Crippen LogP contribution in [0, 0.1) is 12.8 Å². The molecule has 2 aliphatic heterocycles. The summed E-state index contributed by atoms with van der Waals surface area (Å²) in [6, 6.07) is 2.04. The Kier molecular flexibility index (Phi) is 5.37. The van der Waals surface area contributed by atoms with E-state index in [1.54, 1.807) is 13.3 Å². The Balaban J connectivity index is 1.50. The van der Waals surface area contributed by atoms with Crippen LogP contribution in [-0.2, 0) is 17.7 Å². The molecule has 1 N–H and O–H groups in total. The lowest BCUT2D eigenvalue weighted by Crippen LogP contribution is -2.17. The third kappa shape index (κ3) is 3.90. The molecule has 0 aromatic carbocycles. The van der Waals surface area contributed by atoms with Crippen molar-refractivity contribution in [1.82, 2.24) is 29.4 Å². The first-order valence-electron chi connectivity index (χ1n) is 10.8. The molecule has 0 unspecified atom stereocenters. The van der Waals surface area contributed by atoms with Crippen molar-refractivity contribution in [2.75, 3.05) is 45.9 Å². The van der Waals surface area contributed by atoms with E-state index in [0.29, 0.717) is 25.1 Å². The van der Waals surface area contributed by atoms with Crippen molar-refractivity contribution in [3.8, 4) is 22.8 Å². The maximum absolute atomic E-state index is 5.67. The molecule has 31 heavy (non-hydrogen) atoms. The minimum absolute atomic E-state index is 0.454. The van der Waals surface area contributed by atoms with Crippen molar-refractivity contribution in [2.24, 2.45) is 5.92 Å². The molecular weight excluding hydrogens is 394 g/mol. The second kappa shape index (κ2) is 8.32. The van der Waals surface area contributed by atoms with Crippen LogP contribution in [0.5, 0.6) is 5.88 Å². The van der Waals surface area contributed by atoms with Gasteiger partial charge in [0.05, 0.1) is 31.8 Å². The van der Waals surface area contributed by atoms with Crippen LogP contribution in [0.25, 0.3) is 16.9 Å². The summed E-state index contributed by atoms with van der Waals surface area (Å²) in [5.74, 6) is 2.22. The molecule has 0 aliphatic carbocycles. The molecule has 0 spiro atoms. The molecular formula is C22H29N7O2. The predicted octanol–water partition coefficient (Wildman–Crippen LogP) is 2.34. The van der Waals surface area contributed by atoms with Crippen molar-refractivity contribution in [3.05, 3.63) is 35.8 Å². The van der Waals surface area contributed by atoms with Gasteiger partial charge in [-0.3, -0.25) is 4.68 Å². The number of aromatic nitrogens is 5. The van der Waals surface area contributed by atoms with E-state index in [4.69, 9.17) is 14.6 Å². The number of aryl methyl sites for hydroxylation is 1. The van der Waals surface area contributed by atoms with Gasteiger partial charge < -0.3 is 19.7 Å². The average Bonchev–Trinajstić information content (AvgIpc) is 3.43. The number of hydrogen-bond donors (Lipinski definition) is 1. The first kappa shape index (κ1) is 20.0. The van der Waals surface area contributed by atoms with Crippen LogP contribution >= 0.6 is 0 Å². The topological polar surface area (TPSA) is 82.3 Å². The summed E-state index contributed by atoms with van der Waals surface area (Å²) in [6.45, 7) is 6.33. The third-order valence-electron chi connectivity index (χ3n) is 6.12. The summed E-state index contributed by atoms with van der Waals surface area (Å²) in [5, 5.41) is 13.0. The van der Waals surface area contributed by atoms with E-state index in [0.717, 1.165) is 59.9 Å². The molecule has 9 nitrogen and oxygen atoms in total. The minimum Gasteiger partial charge on any atom is -0.481 e.